The normalized spacial score (nSPS) is 18.4. The Bertz CT molecular complexity index is 785. The van der Waals surface area contributed by atoms with Crippen molar-refractivity contribution in [2.75, 3.05) is 45.3 Å². The highest BCUT2D eigenvalue weighted by Gasteiger charge is 2.26. The van der Waals surface area contributed by atoms with Crippen LogP contribution >= 0.6 is 11.3 Å². The number of piperazine rings is 1. The molecule has 1 aliphatic heterocycles. The first-order valence-electron chi connectivity index (χ1n) is 10.0. The van der Waals surface area contributed by atoms with E-state index in [0.29, 0.717) is 19.1 Å². The fraction of sp³-hybridized carbons (Fsp3) is 0.600. The summed E-state index contributed by atoms with van der Waals surface area (Å²) in [5, 5.41) is 4.17. The second-order valence-electron chi connectivity index (χ2n) is 7.40. The molecule has 28 heavy (non-hydrogen) atoms. The molecule has 0 unspecified atom stereocenters. The molecule has 1 saturated heterocycles. The van der Waals surface area contributed by atoms with E-state index in [1.807, 2.05) is 17.0 Å². The Hall–Kier alpha value is -2.22. The van der Waals surface area contributed by atoms with E-state index in [2.05, 4.69) is 10.2 Å². The minimum Gasteiger partial charge on any atom is -0.495 e. The first kappa shape index (κ1) is 19.1. The van der Waals surface area contributed by atoms with Crippen LogP contribution in [0.1, 0.15) is 32.1 Å². The summed E-state index contributed by atoms with van der Waals surface area (Å²) in [5.41, 5.74) is 0.833. The molecule has 1 aliphatic carbocycles. The van der Waals surface area contributed by atoms with Gasteiger partial charge in [-0.3, -0.25) is 0 Å². The summed E-state index contributed by atoms with van der Waals surface area (Å²) in [6.07, 6.45) is 5.97. The number of nitrogens with one attached hydrogen (secondary N) is 1. The number of carbonyl (C=O) groups excluding carboxylic acids is 1. The van der Waals surface area contributed by atoms with Crippen molar-refractivity contribution in [2.45, 2.75) is 38.1 Å². The first-order chi connectivity index (χ1) is 13.7. The van der Waals surface area contributed by atoms with Crippen molar-refractivity contribution in [2.24, 2.45) is 0 Å². The molecule has 8 heteroatoms. The minimum atomic E-state index is 0.0826. The third kappa shape index (κ3) is 3.83. The maximum atomic E-state index is 12.6. The number of thiazole rings is 1. The number of anilines is 1. The second-order valence-corrected chi connectivity index (χ2v) is 8.38. The van der Waals surface area contributed by atoms with Crippen molar-refractivity contribution < 1.29 is 14.3 Å². The van der Waals surface area contributed by atoms with Gasteiger partial charge in [-0.2, -0.15) is 0 Å². The predicted octanol–water partition coefficient (Wildman–Crippen LogP) is 3.48. The lowest BCUT2D eigenvalue weighted by molar-refractivity contribution is 0.186. The molecule has 1 aromatic carbocycles. The average molecular weight is 405 g/mol. The number of rotatable bonds is 4. The van der Waals surface area contributed by atoms with Crippen LogP contribution in [0, 0.1) is 0 Å². The number of methoxy groups -OCH3 is 2. The van der Waals surface area contributed by atoms with Gasteiger partial charge in [-0.25, -0.2) is 9.78 Å². The first-order valence-corrected chi connectivity index (χ1v) is 10.8. The topological polar surface area (TPSA) is 66.9 Å². The summed E-state index contributed by atoms with van der Waals surface area (Å²) in [7, 11) is 3.33. The van der Waals surface area contributed by atoms with E-state index in [0.717, 1.165) is 52.8 Å². The summed E-state index contributed by atoms with van der Waals surface area (Å²) < 4.78 is 11.9. The summed E-state index contributed by atoms with van der Waals surface area (Å²) >= 11 is 1.61. The molecule has 0 bridgehead atoms. The fourth-order valence-electron chi connectivity index (χ4n) is 4.02. The van der Waals surface area contributed by atoms with Crippen LogP contribution in [0.4, 0.5) is 9.93 Å². The van der Waals surface area contributed by atoms with E-state index in [1.165, 1.54) is 19.3 Å². The molecule has 1 N–H and O–H groups in total. The monoisotopic (exact) mass is 404 g/mol. The number of hydrogen-bond acceptors (Lipinski definition) is 6. The molecule has 2 aliphatic rings. The third-order valence-corrected chi connectivity index (χ3v) is 6.80. The van der Waals surface area contributed by atoms with Gasteiger partial charge in [0.25, 0.3) is 0 Å². The van der Waals surface area contributed by atoms with Gasteiger partial charge in [-0.05, 0) is 25.0 Å². The summed E-state index contributed by atoms with van der Waals surface area (Å²) in [6, 6.07) is 4.23. The van der Waals surface area contributed by atoms with Gasteiger partial charge in [-0.1, -0.05) is 30.6 Å². The van der Waals surface area contributed by atoms with E-state index in [9.17, 15) is 4.79 Å². The summed E-state index contributed by atoms with van der Waals surface area (Å²) in [4.78, 5) is 21.5. The summed E-state index contributed by atoms with van der Waals surface area (Å²) in [6.45, 7) is 2.98. The smallest absolute Gasteiger partial charge is 0.317 e. The van der Waals surface area contributed by atoms with Gasteiger partial charge in [0.15, 0.2) is 5.13 Å². The molecular formula is C20H28N4O3S. The quantitative estimate of drug-likeness (QED) is 0.845. The van der Waals surface area contributed by atoms with Gasteiger partial charge < -0.3 is 24.6 Å². The number of benzene rings is 1. The van der Waals surface area contributed by atoms with Crippen LogP contribution in [0.2, 0.25) is 0 Å². The zero-order valence-electron chi connectivity index (χ0n) is 16.6. The van der Waals surface area contributed by atoms with Crippen molar-refractivity contribution in [1.82, 2.24) is 15.2 Å². The van der Waals surface area contributed by atoms with E-state index < -0.39 is 0 Å². The van der Waals surface area contributed by atoms with Gasteiger partial charge >= 0.3 is 6.03 Å². The number of nitrogens with zero attached hydrogens (tertiary/aromatic N) is 3. The number of aromatic nitrogens is 1. The lowest BCUT2D eigenvalue weighted by Crippen LogP contribution is -2.53. The zero-order chi connectivity index (χ0) is 19.5. The number of urea groups is 1. The third-order valence-electron chi connectivity index (χ3n) is 5.67. The Morgan fingerprint density at radius 1 is 1.07 bits per heavy atom. The number of amides is 2. The van der Waals surface area contributed by atoms with Crippen molar-refractivity contribution in [3.63, 3.8) is 0 Å². The SMILES string of the molecule is COc1ccc(OC)c2sc(N3CCN(C(=O)NC4CCCCC4)CC3)nc12. The largest absolute Gasteiger partial charge is 0.495 e. The maximum Gasteiger partial charge on any atom is 0.317 e. The molecule has 0 atom stereocenters. The molecule has 1 aromatic heterocycles. The highest BCUT2D eigenvalue weighted by Crippen LogP contribution is 2.40. The lowest BCUT2D eigenvalue weighted by atomic mass is 9.96. The Morgan fingerprint density at radius 3 is 2.43 bits per heavy atom. The van der Waals surface area contributed by atoms with Crippen molar-refractivity contribution in [1.29, 1.82) is 0 Å². The van der Waals surface area contributed by atoms with Crippen LogP contribution in [0.25, 0.3) is 10.2 Å². The van der Waals surface area contributed by atoms with Gasteiger partial charge in [0, 0.05) is 32.2 Å². The van der Waals surface area contributed by atoms with Crippen molar-refractivity contribution >= 4 is 32.7 Å². The molecule has 2 amide bonds. The Labute approximate surface area is 169 Å². The van der Waals surface area contributed by atoms with E-state index >= 15 is 0 Å². The molecule has 1 saturated carbocycles. The highest BCUT2D eigenvalue weighted by molar-refractivity contribution is 7.22. The van der Waals surface area contributed by atoms with Crippen LogP contribution in [0.5, 0.6) is 11.5 Å². The number of fused-ring (bicyclic) bond motifs is 1. The van der Waals surface area contributed by atoms with Crippen molar-refractivity contribution in [3.05, 3.63) is 12.1 Å². The van der Waals surface area contributed by atoms with Crippen LogP contribution in [0.15, 0.2) is 12.1 Å². The Kier molecular flexibility index (Phi) is 5.75. The van der Waals surface area contributed by atoms with Gasteiger partial charge in [0.05, 0.1) is 14.2 Å². The molecular weight excluding hydrogens is 376 g/mol. The zero-order valence-corrected chi connectivity index (χ0v) is 17.4. The lowest BCUT2D eigenvalue weighted by Gasteiger charge is -2.35. The highest BCUT2D eigenvalue weighted by atomic mass is 32.1. The average Bonchev–Trinajstić information content (AvgIpc) is 3.19. The maximum absolute atomic E-state index is 12.6. The molecule has 4 rings (SSSR count). The molecule has 152 valence electrons. The molecule has 7 nitrogen and oxygen atoms in total. The van der Waals surface area contributed by atoms with Crippen molar-refractivity contribution in [3.8, 4) is 11.5 Å². The molecule has 0 spiro atoms. The van der Waals surface area contributed by atoms with E-state index in [1.54, 1.807) is 25.6 Å². The van der Waals surface area contributed by atoms with Gasteiger partial charge in [-0.15, -0.1) is 0 Å². The Balaban J connectivity index is 1.41. The number of ether oxygens (including phenoxy) is 2. The van der Waals surface area contributed by atoms with E-state index in [4.69, 9.17) is 14.5 Å². The van der Waals surface area contributed by atoms with Crippen LogP contribution in [-0.4, -0.2) is 62.4 Å². The van der Waals surface area contributed by atoms with Crippen LogP contribution in [-0.2, 0) is 0 Å². The van der Waals surface area contributed by atoms with Crippen LogP contribution < -0.4 is 19.7 Å². The fourth-order valence-corrected chi connectivity index (χ4v) is 5.15. The standard InChI is InChI=1S/C20H28N4O3S/c1-26-15-8-9-16(27-2)18-17(15)22-20(28-18)24-12-10-23(11-13-24)19(25)21-14-6-4-3-5-7-14/h8-9,14H,3-7,10-13H2,1-2H3,(H,21,25). The molecule has 0 radical (unpaired) electrons. The number of carbonyl (C=O) groups is 1. The predicted molar refractivity (Wildman–Crippen MR) is 112 cm³/mol. The molecule has 2 fully saturated rings. The Morgan fingerprint density at radius 2 is 1.75 bits per heavy atom. The number of hydrogen-bond donors (Lipinski definition) is 1. The van der Waals surface area contributed by atoms with E-state index in [-0.39, 0.29) is 6.03 Å². The van der Waals surface area contributed by atoms with Gasteiger partial charge in [0.1, 0.15) is 21.7 Å². The minimum absolute atomic E-state index is 0.0826. The second kappa shape index (κ2) is 8.43. The molecule has 2 aromatic rings. The van der Waals surface area contributed by atoms with Gasteiger partial charge in [0.2, 0.25) is 0 Å². The summed E-state index contributed by atoms with van der Waals surface area (Å²) in [5.74, 6) is 1.56. The van der Waals surface area contributed by atoms with Crippen LogP contribution in [0.3, 0.4) is 0 Å². The molecule has 2 heterocycles.